The molecule has 2 aromatic carbocycles. The smallest absolute Gasteiger partial charge is 0.240 e. The monoisotopic (exact) mass is 538 g/mol. The van der Waals surface area contributed by atoms with Crippen LogP contribution in [0.3, 0.4) is 0 Å². The lowest BCUT2D eigenvalue weighted by molar-refractivity contribution is -0.123. The van der Waals surface area contributed by atoms with Gasteiger partial charge in [0.1, 0.15) is 12.4 Å². The van der Waals surface area contributed by atoms with Crippen LogP contribution in [0.1, 0.15) is 67.8 Å². The minimum atomic E-state index is -0.315. The number of aryl methyl sites for hydroxylation is 2. The van der Waals surface area contributed by atoms with Crippen LogP contribution in [0.4, 0.5) is 5.82 Å². The molecule has 0 fully saturated rings. The van der Waals surface area contributed by atoms with Gasteiger partial charge in [0, 0.05) is 22.0 Å². The summed E-state index contributed by atoms with van der Waals surface area (Å²) in [4.78, 5) is 28.3. The molecule has 0 saturated carbocycles. The molecule has 0 aliphatic carbocycles. The molecular weight excluding hydrogens is 504 g/mol. The number of aromatic nitrogens is 2. The number of carbonyl (C=O) groups excluding carboxylic acids is 2. The maximum absolute atomic E-state index is 13.7. The van der Waals surface area contributed by atoms with Crippen LogP contribution in [0, 0.1) is 13.8 Å². The number of halogens is 1. The molecule has 1 aliphatic heterocycles. The molecule has 6 nitrogen and oxygen atoms in total. The Morgan fingerprint density at radius 1 is 1.19 bits per heavy atom. The van der Waals surface area contributed by atoms with Crippen LogP contribution in [0.15, 0.2) is 42.5 Å². The van der Waals surface area contributed by atoms with E-state index in [-0.39, 0.29) is 40.8 Å². The van der Waals surface area contributed by atoms with E-state index in [2.05, 4.69) is 39.1 Å². The average molecular weight is 539 g/mol. The third-order valence-electron chi connectivity index (χ3n) is 6.28. The lowest BCUT2D eigenvalue weighted by Crippen LogP contribution is -2.44. The molecule has 1 aliphatic rings. The van der Waals surface area contributed by atoms with Crippen molar-refractivity contribution >= 4 is 41.0 Å². The van der Waals surface area contributed by atoms with Gasteiger partial charge in [-0.2, -0.15) is 5.10 Å². The summed E-state index contributed by atoms with van der Waals surface area (Å²) in [6, 6.07) is 13.9. The molecule has 2 heterocycles. The van der Waals surface area contributed by atoms with Crippen molar-refractivity contribution in [2.24, 2.45) is 0 Å². The predicted octanol–water partition coefficient (Wildman–Crippen LogP) is 6.13. The Morgan fingerprint density at radius 2 is 1.92 bits per heavy atom. The van der Waals surface area contributed by atoms with E-state index in [1.807, 2.05) is 61.9 Å². The van der Waals surface area contributed by atoms with E-state index in [1.165, 1.54) is 0 Å². The third-order valence-corrected chi connectivity index (χ3v) is 7.77. The second-order valence-corrected chi connectivity index (χ2v) is 12.5. The maximum Gasteiger partial charge on any atom is 0.240 e. The van der Waals surface area contributed by atoms with E-state index >= 15 is 0 Å². The van der Waals surface area contributed by atoms with E-state index in [4.69, 9.17) is 16.7 Å². The predicted molar refractivity (Wildman–Crippen MR) is 153 cm³/mol. The molecule has 0 radical (unpaired) electrons. The number of benzene rings is 2. The molecule has 8 heteroatoms. The van der Waals surface area contributed by atoms with Crippen molar-refractivity contribution < 1.29 is 9.59 Å². The summed E-state index contributed by atoms with van der Waals surface area (Å²) in [7, 11) is 0. The normalized spacial score (nSPS) is 16.1. The van der Waals surface area contributed by atoms with Crippen LogP contribution in [0.25, 0.3) is 5.69 Å². The topological polar surface area (TPSA) is 67.2 Å². The number of nitrogens with one attached hydrogen (secondary N) is 1. The Labute approximate surface area is 228 Å². The summed E-state index contributed by atoms with van der Waals surface area (Å²) >= 11 is 7.96. The lowest BCUT2D eigenvalue weighted by Gasteiger charge is -2.25. The van der Waals surface area contributed by atoms with Crippen LogP contribution < -0.4 is 10.2 Å². The van der Waals surface area contributed by atoms with Crippen molar-refractivity contribution in [2.75, 3.05) is 17.2 Å². The van der Waals surface area contributed by atoms with Gasteiger partial charge in [0.25, 0.3) is 0 Å². The standard InChI is InChI=1S/C29H35ClN4O2S/c1-17(2)31-23(35)15-33-24(36)16-37-26(20-9-8-10-21(30)14-20)25-27(29(5,6)7)32-34(28(25)33)22-12-11-18(3)13-19(22)4/h8-14,17,26H,15-16H2,1-7H3,(H,31,35). The summed E-state index contributed by atoms with van der Waals surface area (Å²) in [6.45, 7) is 14.2. The van der Waals surface area contributed by atoms with Gasteiger partial charge in [-0.3, -0.25) is 14.5 Å². The van der Waals surface area contributed by atoms with Crippen molar-refractivity contribution in [1.82, 2.24) is 15.1 Å². The molecule has 3 aromatic rings. The van der Waals surface area contributed by atoms with Crippen molar-refractivity contribution in [3.8, 4) is 5.69 Å². The molecule has 0 bridgehead atoms. The van der Waals surface area contributed by atoms with Gasteiger partial charge in [-0.1, -0.05) is 62.2 Å². The number of thioether (sulfide) groups is 1. The van der Waals surface area contributed by atoms with E-state index < -0.39 is 0 Å². The first kappa shape index (κ1) is 27.3. The van der Waals surface area contributed by atoms with E-state index in [0.29, 0.717) is 10.8 Å². The first-order valence-corrected chi connectivity index (χ1v) is 14.0. The molecule has 1 atom stereocenters. The minimum Gasteiger partial charge on any atom is -0.352 e. The minimum absolute atomic E-state index is 0.0305. The quantitative estimate of drug-likeness (QED) is 0.424. The molecule has 4 rings (SSSR count). The number of anilines is 1. The average Bonchev–Trinajstić information content (AvgIpc) is 3.11. The van der Waals surface area contributed by atoms with Crippen LogP contribution >= 0.6 is 23.4 Å². The molecule has 37 heavy (non-hydrogen) atoms. The highest BCUT2D eigenvalue weighted by Crippen LogP contribution is 2.48. The Bertz CT molecular complexity index is 1340. The second kappa shape index (κ2) is 10.5. The van der Waals surface area contributed by atoms with E-state index in [1.54, 1.807) is 16.7 Å². The first-order chi connectivity index (χ1) is 17.4. The van der Waals surface area contributed by atoms with Crippen molar-refractivity contribution in [3.05, 3.63) is 75.4 Å². The van der Waals surface area contributed by atoms with Crippen molar-refractivity contribution in [3.63, 3.8) is 0 Å². The summed E-state index contributed by atoms with van der Waals surface area (Å²) in [5.41, 5.74) is 5.60. The Balaban J connectivity index is 2.04. The summed E-state index contributed by atoms with van der Waals surface area (Å²) in [5, 5.41) is 8.57. The first-order valence-electron chi connectivity index (χ1n) is 12.5. The molecular formula is C29H35ClN4O2S. The van der Waals surface area contributed by atoms with Crippen LogP contribution in [0.2, 0.25) is 5.02 Å². The van der Waals surface area contributed by atoms with Crippen LogP contribution in [-0.2, 0) is 15.0 Å². The zero-order valence-electron chi connectivity index (χ0n) is 22.6. The fourth-order valence-corrected chi connectivity index (χ4v) is 6.11. The largest absolute Gasteiger partial charge is 0.352 e. The summed E-state index contributed by atoms with van der Waals surface area (Å²) in [5.74, 6) is 0.556. The van der Waals surface area contributed by atoms with Gasteiger partial charge in [0.15, 0.2) is 0 Å². The second-order valence-electron chi connectivity index (χ2n) is 11.0. The highest BCUT2D eigenvalue weighted by atomic mass is 35.5. The van der Waals surface area contributed by atoms with E-state index in [0.717, 1.165) is 33.6 Å². The number of hydrogen-bond donors (Lipinski definition) is 1. The fraction of sp³-hybridized carbons (Fsp3) is 0.414. The zero-order valence-corrected chi connectivity index (χ0v) is 24.1. The maximum atomic E-state index is 13.7. The van der Waals surface area contributed by atoms with Gasteiger partial charge in [-0.15, -0.1) is 11.8 Å². The van der Waals surface area contributed by atoms with Crippen molar-refractivity contribution in [2.45, 2.75) is 65.2 Å². The molecule has 0 saturated heterocycles. The summed E-state index contributed by atoms with van der Waals surface area (Å²) in [6.07, 6.45) is 0. The molecule has 1 unspecified atom stereocenters. The van der Waals surface area contributed by atoms with Gasteiger partial charge in [0.2, 0.25) is 11.8 Å². The third kappa shape index (κ3) is 5.73. The number of nitrogens with zero attached hydrogens (tertiary/aromatic N) is 3. The molecule has 2 amide bonds. The van der Waals surface area contributed by atoms with E-state index in [9.17, 15) is 9.59 Å². The summed E-state index contributed by atoms with van der Waals surface area (Å²) < 4.78 is 1.87. The van der Waals surface area contributed by atoms with Gasteiger partial charge in [-0.05, 0) is 57.0 Å². The number of rotatable bonds is 5. The highest BCUT2D eigenvalue weighted by molar-refractivity contribution is 8.00. The van der Waals surface area contributed by atoms with Gasteiger partial charge >= 0.3 is 0 Å². The fourth-order valence-electron chi connectivity index (χ4n) is 4.73. The Morgan fingerprint density at radius 3 is 2.54 bits per heavy atom. The van der Waals surface area contributed by atoms with Crippen LogP contribution in [0.5, 0.6) is 0 Å². The molecule has 196 valence electrons. The molecule has 0 spiro atoms. The highest BCUT2D eigenvalue weighted by Gasteiger charge is 2.40. The Hall–Kier alpha value is -2.77. The van der Waals surface area contributed by atoms with Gasteiger partial charge < -0.3 is 5.32 Å². The van der Waals surface area contributed by atoms with Gasteiger partial charge in [0.05, 0.1) is 22.4 Å². The number of amides is 2. The Kier molecular flexibility index (Phi) is 7.77. The lowest BCUT2D eigenvalue weighted by atomic mass is 9.87. The molecule has 1 N–H and O–H groups in total. The van der Waals surface area contributed by atoms with Crippen LogP contribution in [-0.4, -0.2) is 39.9 Å². The number of carbonyl (C=O) groups is 2. The van der Waals surface area contributed by atoms with Gasteiger partial charge in [-0.25, -0.2) is 4.68 Å². The number of hydrogen-bond acceptors (Lipinski definition) is 4. The SMILES string of the molecule is Cc1ccc(-n2nc(C(C)(C)C)c3c2N(CC(=O)NC(C)C)C(=O)CSC3c2cccc(Cl)c2)c(C)c1. The molecule has 1 aromatic heterocycles. The zero-order chi connectivity index (χ0) is 27.1. The van der Waals surface area contributed by atoms with Crippen molar-refractivity contribution in [1.29, 1.82) is 0 Å². The number of fused-ring (bicyclic) bond motifs is 1.